The van der Waals surface area contributed by atoms with E-state index in [1.165, 1.54) is 6.33 Å². The van der Waals surface area contributed by atoms with Crippen molar-refractivity contribution in [2.24, 2.45) is 0 Å². The van der Waals surface area contributed by atoms with Crippen molar-refractivity contribution in [3.8, 4) is 11.8 Å². The van der Waals surface area contributed by atoms with Gasteiger partial charge in [-0.1, -0.05) is 60.7 Å². The minimum absolute atomic E-state index is 0.236. The van der Waals surface area contributed by atoms with Crippen LogP contribution >= 0.6 is 11.6 Å². The standard InChI is InChI=1S/C29H31ClN6O/c1-7-9-11-21(8-2)36-28(35-24-13-10-12-23(30)25(24)29(36)37)20(6)34-27-22(26(31)32-17-33-27)15-14-19(5)16-18(3)4/h7,9-13,16-17,20H,3,8H2,1-2,4-6H3,(H3,31,32,33,34)/b9-7-,19-16+,21-11+. The van der Waals surface area contributed by atoms with Gasteiger partial charge in [0.2, 0.25) is 0 Å². The number of rotatable bonds is 7. The van der Waals surface area contributed by atoms with Gasteiger partial charge in [-0.2, -0.15) is 0 Å². The van der Waals surface area contributed by atoms with Gasteiger partial charge in [0, 0.05) is 5.70 Å². The molecule has 190 valence electrons. The number of nitrogens with one attached hydrogen (secondary N) is 1. The Morgan fingerprint density at radius 3 is 2.76 bits per heavy atom. The van der Waals surface area contributed by atoms with Gasteiger partial charge in [0.25, 0.3) is 5.56 Å². The van der Waals surface area contributed by atoms with Crippen molar-refractivity contribution < 1.29 is 0 Å². The summed E-state index contributed by atoms with van der Waals surface area (Å²) in [5.74, 6) is 7.34. The van der Waals surface area contributed by atoms with Crippen molar-refractivity contribution in [3.63, 3.8) is 0 Å². The summed E-state index contributed by atoms with van der Waals surface area (Å²) < 4.78 is 1.61. The third kappa shape index (κ3) is 6.35. The summed E-state index contributed by atoms with van der Waals surface area (Å²) in [4.78, 5) is 27.1. The third-order valence-corrected chi connectivity index (χ3v) is 5.78. The quantitative estimate of drug-likeness (QED) is 0.283. The number of hydrogen-bond acceptors (Lipinski definition) is 6. The van der Waals surface area contributed by atoms with Crippen LogP contribution in [0.5, 0.6) is 0 Å². The van der Waals surface area contributed by atoms with Gasteiger partial charge in [0.1, 0.15) is 29.4 Å². The van der Waals surface area contributed by atoms with Gasteiger partial charge in [-0.25, -0.2) is 15.0 Å². The van der Waals surface area contributed by atoms with E-state index in [0.29, 0.717) is 39.6 Å². The Balaban J connectivity index is 2.19. The number of nitrogens with zero attached hydrogens (tertiary/aromatic N) is 4. The molecule has 3 aromatic rings. The van der Waals surface area contributed by atoms with Gasteiger partial charge in [0.05, 0.1) is 22.0 Å². The molecule has 1 atom stereocenters. The number of benzene rings is 1. The van der Waals surface area contributed by atoms with E-state index in [2.05, 4.69) is 33.7 Å². The highest BCUT2D eigenvalue weighted by Gasteiger charge is 2.21. The van der Waals surface area contributed by atoms with Crippen molar-refractivity contribution in [1.82, 2.24) is 19.5 Å². The van der Waals surface area contributed by atoms with Crippen molar-refractivity contribution in [2.75, 3.05) is 11.1 Å². The molecule has 0 amide bonds. The lowest BCUT2D eigenvalue weighted by atomic mass is 10.1. The highest BCUT2D eigenvalue weighted by molar-refractivity contribution is 6.35. The molecule has 2 heterocycles. The Labute approximate surface area is 222 Å². The zero-order chi connectivity index (χ0) is 27.1. The van der Waals surface area contributed by atoms with Crippen molar-refractivity contribution in [1.29, 1.82) is 0 Å². The molecule has 0 radical (unpaired) electrons. The monoisotopic (exact) mass is 514 g/mol. The fourth-order valence-electron chi connectivity index (χ4n) is 3.80. The van der Waals surface area contributed by atoms with Gasteiger partial charge < -0.3 is 11.1 Å². The smallest absolute Gasteiger partial charge is 0.267 e. The molecule has 0 bridgehead atoms. The number of halogens is 1. The van der Waals surface area contributed by atoms with Crippen LogP contribution in [0.3, 0.4) is 0 Å². The fourth-order valence-corrected chi connectivity index (χ4v) is 4.05. The second kappa shape index (κ2) is 12.2. The minimum atomic E-state index is -0.446. The predicted octanol–water partition coefficient (Wildman–Crippen LogP) is 6.30. The Morgan fingerprint density at radius 2 is 2.08 bits per heavy atom. The summed E-state index contributed by atoms with van der Waals surface area (Å²) in [6.07, 6.45) is 9.56. The maximum absolute atomic E-state index is 13.7. The van der Waals surface area contributed by atoms with Gasteiger partial charge in [0.15, 0.2) is 0 Å². The van der Waals surface area contributed by atoms with E-state index in [1.54, 1.807) is 22.8 Å². The van der Waals surface area contributed by atoms with E-state index in [-0.39, 0.29) is 11.4 Å². The van der Waals surface area contributed by atoms with Crippen LogP contribution in [0.25, 0.3) is 16.6 Å². The fraction of sp³-hybridized carbons (Fsp3) is 0.241. The van der Waals surface area contributed by atoms with Crippen LogP contribution in [0, 0.1) is 11.8 Å². The number of anilines is 2. The first kappa shape index (κ1) is 27.4. The molecule has 1 aromatic carbocycles. The first-order valence-corrected chi connectivity index (χ1v) is 12.3. The number of hydrogen-bond donors (Lipinski definition) is 2. The molecule has 0 aliphatic carbocycles. The average Bonchev–Trinajstić information content (AvgIpc) is 2.84. The van der Waals surface area contributed by atoms with E-state index < -0.39 is 6.04 Å². The molecule has 3 N–H and O–H groups in total. The average molecular weight is 515 g/mol. The summed E-state index contributed by atoms with van der Waals surface area (Å²) in [5.41, 5.74) is 9.41. The Kier molecular flexibility index (Phi) is 9.05. The zero-order valence-electron chi connectivity index (χ0n) is 21.8. The van der Waals surface area contributed by atoms with Gasteiger partial charge in [-0.15, -0.1) is 0 Å². The second-order valence-electron chi connectivity index (χ2n) is 8.55. The maximum atomic E-state index is 13.7. The van der Waals surface area contributed by atoms with Crippen molar-refractivity contribution in [3.05, 3.63) is 93.3 Å². The number of nitrogen functional groups attached to an aromatic ring is 1. The minimum Gasteiger partial charge on any atom is -0.382 e. The number of aromatic nitrogens is 4. The van der Waals surface area contributed by atoms with Crippen LogP contribution in [0.1, 0.15) is 58.5 Å². The van der Waals surface area contributed by atoms with Crippen LogP contribution in [0.15, 0.2) is 71.4 Å². The molecular weight excluding hydrogens is 484 g/mol. The molecule has 8 heteroatoms. The second-order valence-corrected chi connectivity index (χ2v) is 8.96. The lowest BCUT2D eigenvalue weighted by Crippen LogP contribution is -2.28. The van der Waals surface area contributed by atoms with Crippen molar-refractivity contribution in [2.45, 2.75) is 47.1 Å². The summed E-state index contributed by atoms with van der Waals surface area (Å²) in [7, 11) is 0. The molecule has 1 unspecified atom stereocenters. The molecule has 7 nitrogen and oxygen atoms in total. The van der Waals surface area contributed by atoms with Crippen LogP contribution in [-0.2, 0) is 0 Å². The molecule has 37 heavy (non-hydrogen) atoms. The Bertz CT molecular complexity index is 1550. The molecular formula is C29H31ClN6O. The molecule has 0 aliphatic rings. The first-order valence-electron chi connectivity index (χ1n) is 11.9. The van der Waals surface area contributed by atoms with Gasteiger partial charge in [-0.3, -0.25) is 9.36 Å². The summed E-state index contributed by atoms with van der Waals surface area (Å²) >= 11 is 6.42. The van der Waals surface area contributed by atoms with E-state index >= 15 is 0 Å². The third-order valence-electron chi connectivity index (χ3n) is 5.47. The molecule has 0 fully saturated rings. The number of fused-ring (bicyclic) bond motifs is 1. The SMILES string of the molecule is C=C(C)/C=C(\C)C#Cc1c(N)ncnc1NC(C)c1nc2cccc(Cl)c2c(=O)n1/C(=C/C=C\C)CC. The van der Waals surface area contributed by atoms with Crippen molar-refractivity contribution >= 4 is 39.8 Å². The summed E-state index contributed by atoms with van der Waals surface area (Å²) in [5, 5.41) is 4.07. The Hall–Kier alpha value is -4.15. The predicted molar refractivity (Wildman–Crippen MR) is 154 cm³/mol. The van der Waals surface area contributed by atoms with Crippen LogP contribution in [0.4, 0.5) is 11.6 Å². The highest BCUT2D eigenvalue weighted by atomic mass is 35.5. The maximum Gasteiger partial charge on any atom is 0.267 e. The van der Waals surface area contributed by atoms with E-state index in [9.17, 15) is 4.79 Å². The lowest BCUT2D eigenvalue weighted by Gasteiger charge is -2.22. The zero-order valence-corrected chi connectivity index (χ0v) is 22.5. The summed E-state index contributed by atoms with van der Waals surface area (Å²) in [6, 6.07) is 4.80. The van der Waals surface area contributed by atoms with E-state index in [1.807, 2.05) is 58.9 Å². The molecule has 2 aromatic heterocycles. The molecule has 0 saturated heterocycles. The van der Waals surface area contributed by atoms with Crippen LogP contribution in [-0.4, -0.2) is 19.5 Å². The van der Waals surface area contributed by atoms with E-state index in [0.717, 1.165) is 16.8 Å². The largest absolute Gasteiger partial charge is 0.382 e. The molecule has 0 saturated carbocycles. The van der Waals surface area contributed by atoms with Gasteiger partial charge in [-0.05, 0) is 64.0 Å². The molecule has 0 aliphatic heterocycles. The van der Waals surface area contributed by atoms with Gasteiger partial charge >= 0.3 is 0 Å². The Morgan fingerprint density at radius 1 is 1.32 bits per heavy atom. The number of allylic oxidation sites excluding steroid dienone is 7. The van der Waals surface area contributed by atoms with Crippen LogP contribution < -0.4 is 16.6 Å². The first-order chi connectivity index (χ1) is 17.7. The normalized spacial score (nSPS) is 12.9. The number of nitrogens with two attached hydrogens (primary N) is 1. The molecule has 3 rings (SSSR count). The highest BCUT2D eigenvalue weighted by Crippen LogP contribution is 2.26. The van der Waals surface area contributed by atoms with E-state index in [4.69, 9.17) is 22.3 Å². The lowest BCUT2D eigenvalue weighted by molar-refractivity contribution is 0.729. The molecule has 0 spiro atoms. The summed E-state index contributed by atoms with van der Waals surface area (Å²) in [6.45, 7) is 13.5. The van der Waals surface area contributed by atoms with Crippen LogP contribution in [0.2, 0.25) is 5.02 Å². The topological polar surface area (TPSA) is 98.7 Å².